The third-order valence-electron chi connectivity index (χ3n) is 4.46. The van der Waals surface area contributed by atoms with Crippen molar-refractivity contribution in [3.63, 3.8) is 0 Å². The van der Waals surface area contributed by atoms with E-state index in [1.165, 1.54) is 0 Å². The molecule has 0 aliphatic rings. The normalized spacial score (nSPS) is 13.6. The number of nitrogens with one attached hydrogen (secondary N) is 1. The predicted octanol–water partition coefficient (Wildman–Crippen LogP) is 5.77. The Labute approximate surface area is 194 Å². The fourth-order valence-electron chi connectivity index (χ4n) is 2.70. The number of rotatable bonds is 19. The van der Waals surface area contributed by atoms with Gasteiger partial charge in [-0.15, -0.1) is 0 Å². The number of hydrogen-bond donors (Lipinski definition) is 3. The molecule has 32 heavy (non-hydrogen) atoms. The minimum Gasteiger partial charge on any atom is -0.480 e. The summed E-state index contributed by atoms with van der Waals surface area (Å²) in [5.41, 5.74) is 5.39. The quantitative estimate of drug-likeness (QED) is 0.221. The van der Waals surface area contributed by atoms with Gasteiger partial charge in [0.1, 0.15) is 6.04 Å². The zero-order valence-electron chi connectivity index (χ0n) is 19.6. The fraction of sp³-hybridized carbons (Fsp3) is 0.481. The molecule has 0 saturated carbocycles. The van der Waals surface area contributed by atoms with Crippen molar-refractivity contribution in [2.24, 2.45) is 5.73 Å². The summed E-state index contributed by atoms with van der Waals surface area (Å²) in [4.78, 5) is 22.9. The predicted molar refractivity (Wildman–Crippen MR) is 135 cm³/mol. The van der Waals surface area contributed by atoms with Gasteiger partial charge in [-0.25, -0.2) is 4.79 Å². The van der Waals surface area contributed by atoms with Crippen molar-refractivity contribution in [2.45, 2.75) is 77.2 Å². The molecule has 0 aliphatic heterocycles. The van der Waals surface area contributed by atoms with E-state index in [0.29, 0.717) is 25.8 Å². The van der Waals surface area contributed by atoms with Crippen LogP contribution in [0.25, 0.3) is 0 Å². The van der Waals surface area contributed by atoms with Crippen LogP contribution in [0.15, 0.2) is 72.9 Å². The number of carbonyl (C=O) groups excluding carboxylic acids is 1. The molecule has 0 spiro atoms. The van der Waals surface area contributed by atoms with Crippen molar-refractivity contribution in [2.75, 3.05) is 6.54 Å². The van der Waals surface area contributed by atoms with Gasteiger partial charge in [-0.05, 0) is 64.3 Å². The molecule has 0 aromatic carbocycles. The lowest BCUT2D eigenvalue weighted by molar-refractivity contribution is -0.142. The fourth-order valence-corrected chi connectivity index (χ4v) is 2.70. The highest BCUT2D eigenvalue weighted by molar-refractivity contribution is 5.83. The van der Waals surface area contributed by atoms with Crippen LogP contribution >= 0.6 is 0 Å². The molecule has 0 bridgehead atoms. The summed E-state index contributed by atoms with van der Waals surface area (Å²) >= 11 is 0. The molecule has 0 unspecified atom stereocenters. The van der Waals surface area contributed by atoms with E-state index in [0.717, 1.165) is 38.5 Å². The van der Waals surface area contributed by atoms with Crippen molar-refractivity contribution < 1.29 is 14.7 Å². The number of hydrogen-bond acceptors (Lipinski definition) is 3. The van der Waals surface area contributed by atoms with Crippen LogP contribution in [-0.2, 0) is 9.59 Å². The molecule has 1 atom stereocenters. The number of nitrogens with two attached hydrogens (primary N) is 1. The molecular weight excluding hydrogens is 400 g/mol. The molecule has 0 saturated heterocycles. The number of amides is 1. The molecule has 0 aliphatic carbocycles. The lowest BCUT2D eigenvalue weighted by atomic mass is 10.1. The summed E-state index contributed by atoms with van der Waals surface area (Å²) in [6, 6.07) is -0.851. The van der Waals surface area contributed by atoms with Crippen LogP contribution in [0.4, 0.5) is 0 Å². The molecule has 0 aromatic rings. The average molecular weight is 443 g/mol. The van der Waals surface area contributed by atoms with E-state index < -0.39 is 12.0 Å². The largest absolute Gasteiger partial charge is 0.480 e. The summed E-state index contributed by atoms with van der Waals surface area (Å²) in [6.07, 6.45) is 33.2. The minimum atomic E-state index is -1.01. The van der Waals surface area contributed by atoms with Gasteiger partial charge in [0.2, 0.25) is 5.91 Å². The van der Waals surface area contributed by atoms with Gasteiger partial charge in [0.05, 0.1) is 0 Å². The van der Waals surface area contributed by atoms with E-state index in [1.54, 1.807) is 0 Å². The zero-order valence-corrected chi connectivity index (χ0v) is 19.6. The van der Waals surface area contributed by atoms with Gasteiger partial charge in [-0.1, -0.05) is 79.8 Å². The summed E-state index contributed by atoms with van der Waals surface area (Å²) in [6.45, 7) is 2.56. The van der Waals surface area contributed by atoms with Crippen molar-refractivity contribution >= 4 is 11.9 Å². The van der Waals surface area contributed by atoms with Crippen LogP contribution in [0.3, 0.4) is 0 Å². The zero-order chi connectivity index (χ0) is 23.7. The maximum Gasteiger partial charge on any atom is 0.326 e. The second-order valence-corrected chi connectivity index (χ2v) is 7.34. The van der Waals surface area contributed by atoms with E-state index >= 15 is 0 Å². The summed E-state index contributed by atoms with van der Waals surface area (Å²) < 4.78 is 0. The van der Waals surface area contributed by atoms with Crippen LogP contribution < -0.4 is 11.1 Å². The Morgan fingerprint density at radius 3 is 1.62 bits per heavy atom. The van der Waals surface area contributed by atoms with E-state index in [9.17, 15) is 9.59 Å². The second kappa shape index (κ2) is 23.0. The van der Waals surface area contributed by atoms with Crippen molar-refractivity contribution in [3.8, 4) is 0 Å². The Morgan fingerprint density at radius 1 is 0.781 bits per heavy atom. The van der Waals surface area contributed by atoms with E-state index in [-0.39, 0.29) is 12.3 Å². The molecule has 0 heterocycles. The first-order chi connectivity index (χ1) is 15.6. The third-order valence-corrected chi connectivity index (χ3v) is 4.46. The van der Waals surface area contributed by atoms with Gasteiger partial charge < -0.3 is 16.2 Å². The Bertz CT molecular complexity index is 658. The topological polar surface area (TPSA) is 92.4 Å². The first-order valence-electron chi connectivity index (χ1n) is 11.7. The van der Waals surface area contributed by atoms with Gasteiger partial charge >= 0.3 is 5.97 Å². The summed E-state index contributed by atoms with van der Waals surface area (Å²) in [5, 5.41) is 11.6. The van der Waals surface area contributed by atoms with Gasteiger partial charge in [-0.2, -0.15) is 0 Å². The Kier molecular flexibility index (Phi) is 21.1. The Hall–Kier alpha value is -2.66. The highest BCUT2D eigenvalue weighted by Crippen LogP contribution is 2.00. The maximum atomic E-state index is 11.8. The van der Waals surface area contributed by atoms with Crippen LogP contribution in [-0.4, -0.2) is 29.6 Å². The number of carbonyl (C=O) groups is 2. The lowest BCUT2D eigenvalue weighted by Gasteiger charge is -2.13. The second-order valence-electron chi connectivity index (χ2n) is 7.34. The van der Waals surface area contributed by atoms with Gasteiger partial charge in [-0.3, -0.25) is 4.79 Å². The van der Waals surface area contributed by atoms with Crippen molar-refractivity contribution in [1.29, 1.82) is 0 Å². The van der Waals surface area contributed by atoms with E-state index in [1.807, 2.05) is 12.2 Å². The van der Waals surface area contributed by atoms with Gasteiger partial charge in [0.25, 0.3) is 0 Å². The molecule has 5 heteroatoms. The van der Waals surface area contributed by atoms with Crippen LogP contribution in [0, 0.1) is 0 Å². The minimum absolute atomic E-state index is 0.242. The molecule has 0 aromatic heterocycles. The monoisotopic (exact) mass is 442 g/mol. The molecule has 1 amide bonds. The van der Waals surface area contributed by atoms with Gasteiger partial charge in [0, 0.05) is 6.42 Å². The molecule has 0 fully saturated rings. The number of carboxylic acid groups (broad SMARTS) is 1. The summed E-state index contributed by atoms with van der Waals surface area (Å²) in [5.74, 6) is -1.25. The average Bonchev–Trinajstić information content (AvgIpc) is 2.78. The smallest absolute Gasteiger partial charge is 0.326 e. The Morgan fingerprint density at radius 2 is 1.22 bits per heavy atom. The lowest BCUT2D eigenvalue weighted by Crippen LogP contribution is -2.40. The molecule has 0 radical (unpaired) electrons. The van der Waals surface area contributed by atoms with Crippen LogP contribution in [0.5, 0.6) is 0 Å². The molecule has 178 valence electrons. The molecule has 0 rings (SSSR count). The maximum absolute atomic E-state index is 11.8. The van der Waals surface area contributed by atoms with Gasteiger partial charge in [0.15, 0.2) is 0 Å². The Balaban J connectivity index is 3.77. The SMILES string of the molecule is CC/C=C\C/C=C\C/C=C\C/C=C\C/C=C\C/C=C\CCC(=O)N[C@@H](CCCN)C(=O)O. The highest BCUT2D eigenvalue weighted by Gasteiger charge is 2.18. The molecular formula is C27H42N2O3. The van der Waals surface area contributed by atoms with E-state index in [4.69, 9.17) is 10.8 Å². The number of aliphatic carboxylic acids is 1. The highest BCUT2D eigenvalue weighted by atomic mass is 16.4. The first kappa shape index (κ1) is 29.3. The first-order valence-corrected chi connectivity index (χ1v) is 11.7. The molecule has 5 nitrogen and oxygen atoms in total. The van der Waals surface area contributed by atoms with Crippen LogP contribution in [0.2, 0.25) is 0 Å². The number of allylic oxidation sites excluding steroid dienone is 12. The van der Waals surface area contributed by atoms with Crippen molar-refractivity contribution in [3.05, 3.63) is 72.9 Å². The third kappa shape index (κ3) is 20.6. The standard InChI is InChI=1S/C27H42N2O3/c1-2-3-4-5-6-7-8-9-10-11-12-13-14-15-16-17-18-19-20-23-26(30)29-25(27(31)32)22-21-24-28/h3-4,6-7,9-10,12-13,15-16,18-19,25H,2,5,8,11,14,17,20-24,28H2,1H3,(H,29,30)(H,31,32)/b4-3-,7-6-,10-9-,13-12-,16-15-,19-18-/t25-/m0/s1. The van der Waals surface area contributed by atoms with Crippen LogP contribution in [0.1, 0.15) is 71.1 Å². The van der Waals surface area contributed by atoms with E-state index in [2.05, 4.69) is 73.0 Å². The summed E-state index contributed by atoms with van der Waals surface area (Å²) in [7, 11) is 0. The molecule has 4 N–H and O–H groups in total. The number of carboxylic acids is 1. The van der Waals surface area contributed by atoms with Crippen molar-refractivity contribution in [1.82, 2.24) is 5.32 Å².